The lowest BCUT2D eigenvalue weighted by molar-refractivity contribution is -0.141. The first-order valence-electron chi connectivity index (χ1n) is 8.61. The Kier molecular flexibility index (Phi) is 5.72. The minimum Gasteiger partial charge on any atom is -0.455 e. The Balaban J connectivity index is 2.25. The Hall–Kier alpha value is -2.40. The first kappa shape index (κ1) is 22.3. The second kappa shape index (κ2) is 7.69. The summed E-state index contributed by atoms with van der Waals surface area (Å²) < 4.78 is 69.5. The zero-order chi connectivity index (χ0) is 22.4. The van der Waals surface area contributed by atoms with Gasteiger partial charge in [0, 0.05) is 41.2 Å². The van der Waals surface area contributed by atoms with Gasteiger partial charge >= 0.3 is 6.18 Å². The van der Waals surface area contributed by atoms with Crippen LogP contribution in [0.5, 0.6) is 0 Å². The van der Waals surface area contributed by atoms with Crippen molar-refractivity contribution >= 4 is 48.4 Å². The fourth-order valence-corrected chi connectivity index (χ4v) is 4.11. The number of hydrogen-bond donors (Lipinski definition) is 0. The van der Waals surface area contributed by atoms with Gasteiger partial charge in [-0.05, 0) is 34.1 Å². The van der Waals surface area contributed by atoms with Crippen LogP contribution in [0.1, 0.15) is 29.4 Å². The number of halogens is 4. The quantitative estimate of drug-likeness (QED) is 0.442. The molecule has 2 heterocycles. The molecule has 0 saturated heterocycles. The highest BCUT2D eigenvalue weighted by molar-refractivity contribution is 9.10. The molecule has 0 radical (unpaired) electrons. The number of aromatic nitrogens is 1. The lowest BCUT2D eigenvalue weighted by atomic mass is 10.0. The van der Waals surface area contributed by atoms with Crippen LogP contribution in [-0.2, 0) is 16.2 Å². The van der Waals surface area contributed by atoms with Crippen molar-refractivity contribution in [1.29, 1.82) is 0 Å². The van der Waals surface area contributed by atoms with Crippen LogP contribution in [0.15, 0.2) is 39.4 Å². The first-order chi connectivity index (χ1) is 13.8. The predicted octanol–water partition coefficient (Wildman–Crippen LogP) is 5.26. The number of sulfonamides is 1. The molecule has 0 N–H and O–H groups in total. The first-order valence-corrected chi connectivity index (χ1v) is 11.3. The Morgan fingerprint density at radius 3 is 2.43 bits per heavy atom. The van der Waals surface area contributed by atoms with Gasteiger partial charge in [0.05, 0.1) is 17.5 Å². The van der Waals surface area contributed by atoms with Crippen LogP contribution in [0.25, 0.3) is 22.3 Å². The average molecular weight is 505 g/mol. The van der Waals surface area contributed by atoms with Gasteiger partial charge in [0.1, 0.15) is 17.0 Å². The summed E-state index contributed by atoms with van der Waals surface area (Å²) in [6.07, 6.45) is -2.43. The number of carbonyl (C=O) groups excluding carboxylic acids is 1. The van der Waals surface area contributed by atoms with Gasteiger partial charge in [-0.25, -0.2) is 8.42 Å². The van der Waals surface area contributed by atoms with E-state index < -0.39 is 21.9 Å². The summed E-state index contributed by atoms with van der Waals surface area (Å²) in [5, 5.41) is 0.411. The molecule has 0 bridgehead atoms. The molecule has 30 heavy (non-hydrogen) atoms. The van der Waals surface area contributed by atoms with E-state index in [1.54, 1.807) is 13.0 Å². The summed E-state index contributed by atoms with van der Waals surface area (Å²) in [7, 11) is -2.20. The molecule has 0 aliphatic heterocycles. The Bertz CT molecular complexity index is 1240. The number of ketones is 1. The molecule has 0 aliphatic rings. The number of Topliss-reactive ketones (excluding diaryl/α,β-unsaturated/α-hetero) is 1. The van der Waals surface area contributed by atoms with E-state index in [1.807, 2.05) is 0 Å². The molecule has 160 valence electrons. The summed E-state index contributed by atoms with van der Waals surface area (Å²) in [5.41, 5.74) is -0.166. The molecule has 0 amide bonds. The van der Waals surface area contributed by atoms with Crippen LogP contribution in [0, 0.1) is 0 Å². The molecule has 0 saturated carbocycles. The normalized spacial score (nSPS) is 12.4. The highest BCUT2D eigenvalue weighted by Crippen LogP contribution is 2.40. The number of fused-ring (bicyclic) bond motifs is 1. The van der Waals surface area contributed by atoms with Crippen LogP contribution in [-0.4, -0.2) is 32.5 Å². The van der Waals surface area contributed by atoms with Crippen molar-refractivity contribution in [3.05, 3.63) is 46.2 Å². The van der Waals surface area contributed by atoms with Gasteiger partial charge in [0.25, 0.3) is 0 Å². The molecule has 0 atom stereocenters. The van der Waals surface area contributed by atoms with E-state index in [0.29, 0.717) is 9.86 Å². The molecular weight excluding hydrogens is 489 g/mol. The summed E-state index contributed by atoms with van der Waals surface area (Å²) in [5.74, 6) is -0.205. The van der Waals surface area contributed by atoms with Crippen molar-refractivity contribution in [2.24, 2.45) is 0 Å². The van der Waals surface area contributed by atoms with Crippen LogP contribution in [0.4, 0.5) is 18.9 Å². The van der Waals surface area contributed by atoms with Crippen molar-refractivity contribution < 1.29 is 30.8 Å². The van der Waals surface area contributed by atoms with Crippen molar-refractivity contribution in [2.45, 2.75) is 19.5 Å². The zero-order valence-electron chi connectivity index (χ0n) is 16.0. The molecule has 3 aromatic rings. The van der Waals surface area contributed by atoms with Crippen LogP contribution in [0.3, 0.4) is 0 Å². The van der Waals surface area contributed by atoms with E-state index in [0.717, 1.165) is 22.8 Å². The SMILES string of the molecule is CCC(=O)c1c(-c2ccc(C(F)(F)F)nc2)oc2cc(N(C)S(C)(=O)=O)c(Br)cc12. The molecule has 3 rings (SSSR count). The van der Waals surface area contributed by atoms with Crippen molar-refractivity contribution in [1.82, 2.24) is 4.98 Å². The van der Waals surface area contributed by atoms with Crippen LogP contribution in [0.2, 0.25) is 0 Å². The number of rotatable bonds is 5. The third-order valence-corrected chi connectivity index (χ3v) is 6.34. The number of alkyl halides is 3. The van der Waals surface area contributed by atoms with Crippen molar-refractivity contribution in [3.63, 3.8) is 0 Å². The molecule has 0 aliphatic carbocycles. The minimum atomic E-state index is -4.59. The molecule has 0 unspecified atom stereocenters. The van der Waals surface area contributed by atoms with Gasteiger partial charge in [0.15, 0.2) is 5.78 Å². The fourth-order valence-electron chi connectivity index (χ4n) is 2.88. The maximum absolute atomic E-state index is 12.8. The monoisotopic (exact) mass is 504 g/mol. The molecule has 11 heteroatoms. The Morgan fingerprint density at radius 2 is 1.93 bits per heavy atom. The summed E-state index contributed by atoms with van der Waals surface area (Å²) in [6.45, 7) is 1.65. The van der Waals surface area contributed by atoms with Crippen molar-refractivity contribution in [3.8, 4) is 11.3 Å². The highest BCUT2D eigenvalue weighted by atomic mass is 79.9. The molecule has 6 nitrogen and oxygen atoms in total. The lowest BCUT2D eigenvalue weighted by Gasteiger charge is -2.18. The van der Waals surface area contributed by atoms with E-state index in [1.165, 1.54) is 19.2 Å². The number of hydrogen-bond acceptors (Lipinski definition) is 5. The van der Waals surface area contributed by atoms with E-state index in [4.69, 9.17) is 4.42 Å². The zero-order valence-corrected chi connectivity index (χ0v) is 18.4. The maximum Gasteiger partial charge on any atom is 0.433 e. The summed E-state index contributed by atoms with van der Waals surface area (Å²) >= 11 is 3.32. The van der Waals surface area contributed by atoms with E-state index in [9.17, 15) is 26.4 Å². The number of benzene rings is 1. The van der Waals surface area contributed by atoms with Gasteiger partial charge in [-0.1, -0.05) is 6.92 Å². The lowest BCUT2D eigenvalue weighted by Crippen LogP contribution is -2.25. The highest BCUT2D eigenvalue weighted by Gasteiger charge is 2.32. The van der Waals surface area contributed by atoms with Gasteiger partial charge in [-0.2, -0.15) is 13.2 Å². The van der Waals surface area contributed by atoms with Gasteiger partial charge in [0.2, 0.25) is 10.0 Å². The summed E-state index contributed by atoms with van der Waals surface area (Å²) in [6, 6.07) is 4.99. The number of carbonyl (C=O) groups is 1. The second-order valence-electron chi connectivity index (χ2n) is 6.54. The van der Waals surface area contributed by atoms with E-state index in [2.05, 4.69) is 20.9 Å². The minimum absolute atomic E-state index is 0.0733. The number of nitrogens with zero attached hydrogens (tertiary/aromatic N) is 2. The third-order valence-electron chi connectivity index (χ3n) is 4.51. The number of anilines is 1. The smallest absolute Gasteiger partial charge is 0.433 e. The van der Waals surface area contributed by atoms with E-state index >= 15 is 0 Å². The van der Waals surface area contributed by atoms with Gasteiger partial charge < -0.3 is 4.42 Å². The van der Waals surface area contributed by atoms with E-state index in [-0.39, 0.29) is 40.4 Å². The summed E-state index contributed by atoms with van der Waals surface area (Å²) in [4.78, 5) is 16.0. The molecule has 1 aromatic carbocycles. The van der Waals surface area contributed by atoms with Gasteiger partial charge in [-0.15, -0.1) is 0 Å². The Labute approximate surface area is 178 Å². The molecular formula is C19H16BrF3N2O4S. The van der Waals surface area contributed by atoms with Crippen molar-refractivity contribution in [2.75, 3.05) is 17.6 Å². The predicted molar refractivity (Wildman–Crippen MR) is 110 cm³/mol. The maximum atomic E-state index is 12.8. The van der Waals surface area contributed by atoms with Gasteiger partial charge in [-0.3, -0.25) is 14.1 Å². The molecule has 0 fully saturated rings. The fraction of sp³-hybridized carbons (Fsp3) is 0.263. The topological polar surface area (TPSA) is 80.5 Å². The average Bonchev–Trinajstić information content (AvgIpc) is 3.03. The Morgan fingerprint density at radius 1 is 1.27 bits per heavy atom. The molecule has 0 spiro atoms. The third kappa shape index (κ3) is 4.08. The second-order valence-corrected chi connectivity index (χ2v) is 9.41. The van der Waals surface area contributed by atoms with Crippen LogP contribution < -0.4 is 4.31 Å². The molecule has 2 aromatic heterocycles. The number of furan rings is 1. The van der Waals surface area contributed by atoms with Crippen LogP contribution >= 0.6 is 15.9 Å². The standard InChI is InChI=1S/C19H16BrF3N2O4S/c1-4-14(26)17-11-7-12(20)13(25(2)30(3,27)28)8-15(11)29-18(17)10-5-6-16(24-9-10)19(21,22)23/h5-9H,4H2,1-3H3. The largest absolute Gasteiger partial charge is 0.455 e. The number of pyridine rings is 1.